The van der Waals surface area contributed by atoms with Crippen molar-refractivity contribution in [3.05, 3.63) is 128 Å². The molecule has 17 nitrogen and oxygen atoms in total. The first kappa shape index (κ1) is 56.8. The van der Waals surface area contributed by atoms with Gasteiger partial charge >= 0.3 is 0 Å². The summed E-state index contributed by atoms with van der Waals surface area (Å²) >= 11 is 9.54. The van der Waals surface area contributed by atoms with Gasteiger partial charge in [0.2, 0.25) is 23.6 Å². The number of thiophene rings is 1. The number of thiazole rings is 1. The van der Waals surface area contributed by atoms with Crippen LogP contribution in [0.5, 0.6) is 5.75 Å². The number of nitrogens with one attached hydrogen (secondary N) is 3. The maximum absolute atomic E-state index is 14.0. The van der Waals surface area contributed by atoms with E-state index in [0.29, 0.717) is 54.9 Å². The summed E-state index contributed by atoms with van der Waals surface area (Å²) in [6.45, 7) is 17.4. The van der Waals surface area contributed by atoms with Gasteiger partial charge in [0.05, 0.1) is 40.9 Å². The van der Waals surface area contributed by atoms with Crippen molar-refractivity contribution in [3.8, 4) is 21.2 Å². The molecule has 0 saturated carbocycles. The molecule has 1 fully saturated rings. The van der Waals surface area contributed by atoms with Crippen LogP contribution in [0.25, 0.3) is 15.4 Å². The van der Waals surface area contributed by atoms with E-state index >= 15 is 0 Å². The Morgan fingerprint density at radius 3 is 2.23 bits per heavy atom. The Morgan fingerprint density at radius 1 is 0.870 bits per heavy atom. The molecule has 4 N–H and O–H groups in total. The van der Waals surface area contributed by atoms with Crippen molar-refractivity contribution in [1.29, 1.82) is 0 Å². The third-order valence-corrected chi connectivity index (χ3v) is 15.9. The number of β-amino-alcohol motifs (C(OH)–C–C–N with tert-alkyl or cyclic N) is 1. The quantitative estimate of drug-likeness (QED) is 0.0471. The smallest absolute Gasteiger partial charge is 0.246 e. The SMILES string of the molecule is Cc1ncsc1-c1ccc(CNC(=O)[C@@H]2C[C@@H](O)CN2C(=O)C(NC(=O)COCCCOCCCOc2ccc(NC(=O)C[C@@H]3N=C(c4ccc(Cl)cc4)c4c(sc(C)c4C)-n4c(C(C)C)nnc43)cc2)C(C)(C)C)cc1. The van der Waals surface area contributed by atoms with Crippen molar-refractivity contribution >= 4 is 69.3 Å². The number of hydrogen-bond donors (Lipinski definition) is 4. The maximum atomic E-state index is 14.0. The molecule has 5 heterocycles. The summed E-state index contributed by atoms with van der Waals surface area (Å²) < 4.78 is 19.4. The number of amides is 4. The number of halogens is 1. The summed E-state index contributed by atoms with van der Waals surface area (Å²) in [6, 6.07) is 20.2. The van der Waals surface area contributed by atoms with Crippen molar-refractivity contribution in [1.82, 2.24) is 35.3 Å². The molecule has 0 bridgehead atoms. The van der Waals surface area contributed by atoms with E-state index < -0.39 is 41.5 Å². The second-order valence-corrected chi connectivity index (χ2v) is 23.3. The van der Waals surface area contributed by atoms with Crippen molar-refractivity contribution < 1.29 is 38.5 Å². The van der Waals surface area contributed by atoms with Gasteiger partial charge in [0.25, 0.3) is 0 Å². The Hall–Kier alpha value is -6.35. The molecular weight excluding hydrogens is 1040 g/mol. The van der Waals surface area contributed by atoms with E-state index in [2.05, 4.69) is 63.4 Å². The number of ether oxygens (including phenoxy) is 3. The van der Waals surface area contributed by atoms with Gasteiger partial charge in [-0.3, -0.25) is 28.7 Å². The summed E-state index contributed by atoms with van der Waals surface area (Å²) in [7, 11) is 0. The van der Waals surface area contributed by atoms with Gasteiger partial charge in [-0.15, -0.1) is 32.9 Å². The first-order valence-electron chi connectivity index (χ1n) is 26.0. The topological polar surface area (TPSA) is 211 Å². The van der Waals surface area contributed by atoms with Crippen molar-refractivity contribution in [2.75, 3.05) is 44.9 Å². The number of benzene rings is 3. The zero-order valence-electron chi connectivity index (χ0n) is 44.9. The summed E-state index contributed by atoms with van der Waals surface area (Å²) in [5.74, 6) is 0.670. The van der Waals surface area contributed by atoms with Crippen molar-refractivity contribution in [3.63, 3.8) is 0 Å². The van der Waals surface area contributed by atoms with E-state index in [1.807, 2.05) is 81.7 Å². The Morgan fingerprint density at radius 2 is 1.56 bits per heavy atom. The number of anilines is 1. The zero-order valence-corrected chi connectivity index (χ0v) is 47.2. The fraction of sp³-hybridized carbons (Fsp3) is 0.439. The highest BCUT2D eigenvalue weighted by molar-refractivity contribution is 7.15. The Labute approximate surface area is 462 Å². The molecule has 20 heteroatoms. The Balaban J connectivity index is 0.733. The average Bonchev–Trinajstić information content (AvgIpc) is 4.35. The number of hydrogen-bond acceptors (Lipinski definition) is 14. The van der Waals surface area contributed by atoms with Crippen LogP contribution in [0.1, 0.15) is 117 Å². The minimum atomic E-state index is -0.964. The third kappa shape index (κ3) is 14.0. The summed E-state index contributed by atoms with van der Waals surface area (Å²) in [5, 5.41) is 30.2. The molecule has 408 valence electrons. The van der Waals surface area contributed by atoms with Crippen LogP contribution in [0.4, 0.5) is 5.69 Å². The zero-order chi connectivity index (χ0) is 55.0. The van der Waals surface area contributed by atoms with Gasteiger partial charge in [0.15, 0.2) is 5.82 Å². The number of aliphatic hydroxyl groups excluding tert-OH is 1. The molecule has 1 saturated heterocycles. The van der Waals surface area contributed by atoms with Crippen LogP contribution < -0.4 is 20.7 Å². The molecule has 1 unspecified atom stereocenters. The van der Waals surface area contributed by atoms with Gasteiger partial charge in [-0.2, -0.15) is 0 Å². The number of likely N-dealkylation sites (tertiary alicyclic amines) is 1. The normalized spacial score (nSPS) is 16.6. The van der Waals surface area contributed by atoms with Gasteiger partial charge in [-0.1, -0.05) is 82.6 Å². The Kier molecular flexibility index (Phi) is 18.8. The number of aromatic nitrogens is 4. The molecule has 4 amide bonds. The molecule has 4 atom stereocenters. The average molecular weight is 1110 g/mol. The number of carbonyl (C=O) groups excluding carboxylic acids is 4. The Bertz CT molecular complexity index is 3060. The number of nitrogens with zero attached hydrogens (tertiary/aromatic N) is 6. The first-order valence-corrected chi connectivity index (χ1v) is 28.1. The fourth-order valence-corrected chi connectivity index (χ4v) is 11.4. The number of fused-ring (bicyclic) bond motifs is 3. The highest BCUT2D eigenvalue weighted by atomic mass is 35.5. The minimum absolute atomic E-state index is 0.0180. The molecule has 8 rings (SSSR count). The van der Waals surface area contributed by atoms with Crippen molar-refractivity contribution in [2.45, 2.75) is 118 Å². The second-order valence-electron chi connectivity index (χ2n) is 20.8. The van der Waals surface area contributed by atoms with Crippen LogP contribution in [0.2, 0.25) is 5.02 Å². The molecule has 2 aliphatic heterocycles. The van der Waals surface area contributed by atoms with Crippen LogP contribution in [0.3, 0.4) is 0 Å². The van der Waals surface area contributed by atoms with Gasteiger partial charge in [0.1, 0.15) is 41.3 Å². The highest BCUT2D eigenvalue weighted by Gasteiger charge is 2.44. The van der Waals surface area contributed by atoms with Crippen LogP contribution in [0.15, 0.2) is 83.3 Å². The number of aliphatic hydroxyl groups is 1. The minimum Gasteiger partial charge on any atom is -0.494 e. The molecule has 2 aliphatic rings. The lowest BCUT2D eigenvalue weighted by molar-refractivity contribution is -0.144. The summed E-state index contributed by atoms with van der Waals surface area (Å²) in [4.78, 5) is 67.5. The first-order chi connectivity index (χ1) is 36.9. The molecule has 0 spiro atoms. The summed E-state index contributed by atoms with van der Waals surface area (Å²) in [6.07, 6.45) is 0.448. The standard InChI is InChI=1S/C57H68ClN9O8S2/c1-33(2)52-64-65-53-44(62-49(38-15-17-40(58)18-16-38)48-34(3)36(5)77-56(48)67(52)53)28-46(69)61-41-19-21-43(22-20-41)75-26-10-24-73-23-9-25-74-31-47(70)63-51(57(6,7)8)55(72)66-30-42(68)27-45(66)54(71)59-29-37-11-13-39(14-12-37)50-35(4)60-32-76-50/h11-22,32-33,42,44-45,51,68H,9-10,23-31H2,1-8H3,(H,59,71)(H,61,69)(H,63,70)/t42-,44+,45+,51?/m1/s1. The van der Waals surface area contributed by atoms with E-state index in [1.165, 1.54) is 9.78 Å². The van der Waals surface area contributed by atoms with Gasteiger partial charge < -0.3 is 40.2 Å². The van der Waals surface area contributed by atoms with Gasteiger partial charge in [-0.25, -0.2) is 4.98 Å². The lowest BCUT2D eigenvalue weighted by Crippen LogP contribution is -2.58. The van der Waals surface area contributed by atoms with Crippen LogP contribution >= 0.6 is 34.3 Å². The maximum Gasteiger partial charge on any atom is 0.246 e. The van der Waals surface area contributed by atoms with E-state index in [9.17, 15) is 24.3 Å². The monoisotopic (exact) mass is 1110 g/mol. The van der Waals surface area contributed by atoms with Gasteiger partial charge in [0, 0.05) is 78.4 Å². The fourth-order valence-electron chi connectivity index (χ4n) is 9.28. The predicted octanol–water partition coefficient (Wildman–Crippen LogP) is 9.08. The highest BCUT2D eigenvalue weighted by Crippen LogP contribution is 2.41. The van der Waals surface area contributed by atoms with E-state index in [0.717, 1.165) is 54.9 Å². The molecule has 0 aliphatic carbocycles. The lowest BCUT2D eigenvalue weighted by Gasteiger charge is -2.35. The van der Waals surface area contributed by atoms with Crippen molar-refractivity contribution in [2.24, 2.45) is 10.4 Å². The number of carbonyl (C=O) groups is 4. The number of aliphatic imine (C=N–C) groups is 1. The van der Waals surface area contributed by atoms with E-state index in [4.69, 9.17) is 30.8 Å². The van der Waals surface area contributed by atoms with Crippen LogP contribution in [-0.4, -0.2) is 117 Å². The molecule has 3 aromatic carbocycles. The van der Waals surface area contributed by atoms with Crippen LogP contribution in [0, 0.1) is 26.2 Å². The summed E-state index contributed by atoms with van der Waals surface area (Å²) in [5.41, 5.74) is 8.45. The third-order valence-electron chi connectivity index (χ3n) is 13.5. The van der Waals surface area contributed by atoms with E-state index in [-0.39, 0.29) is 56.9 Å². The second kappa shape index (κ2) is 25.4. The molecule has 77 heavy (non-hydrogen) atoms. The number of aryl methyl sites for hydroxylation is 2. The van der Waals surface area contributed by atoms with E-state index in [1.54, 1.807) is 46.9 Å². The molecule has 6 aromatic rings. The molecule has 3 aromatic heterocycles. The molecular formula is C57H68ClN9O8S2. The lowest BCUT2D eigenvalue weighted by atomic mass is 9.85. The largest absolute Gasteiger partial charge is 0.494 e. The van der Waals surface area contributed by atoms with Crippen LogP contribution in [-0.2, 0) is 35.2 Å². The number of rotatable bonds is 22. The predicted molar refractivity (Wildman–Crippen MR) is 300 cm³/mol. The molecule has 0 radical (unpaired) electrons. The van der Waals surface area contributed by atoms with Gasteiger partial charge in [-0.05, 0) is 85.7 Å².